The predicted octanol–water partition coefficient (Wildman–Crippen LogP) is 0.252. The van der Waals surface area contributed by atoms with Gasteiger partial charge in [-0.1, -0.05) is 31.9 Å². The quantitative estimate of drug-likeness (QED) is 0.785. The Balaban J connectivity index is 3.08. The Morgan fingerprint density at radius 3 is 2.58 bits per heavy atom. The van der Waals surface area contributed by atoms with Gasteiger partial charge in [-0.05, 0) is 5.92 Å². The summed E-state index contributed by atoms with van der Waals surface area (Å²) >= 11 is 5.83. The summed E-state index contributed by atoms with van der Waals surface area (Å²) in [7, 11) is -2.42. The van der Waals surface area contributed by atoms with Crippen LogP contribution in [0.1, 0.15) is 20.3 Å². The van der Waals surface area contributed by atoms with Crippen LogP contribution in [0.2, 0.25) is 5.15 Å². The molecule has 0 aromatic carbocycles. The summed E-state index contributed by atoms with van der Waals surface area (Å²) in [6.45, 7) is 3.57. The number of primary amides is 1. The fraction of sp³-hybridized carbons (Fsp3) is 0.600. The number of halogens is 1. The van der Waals surface area contributed by atoms with Crippen molar-refractivity contribution in [1.29, 1.82) is 0 Å². The Hall–Kier alpha value is -1.12. The van der Waals surface area contributed by atoms with E-state index in [1.165, 1.54) is 10.9 Å². The van der Waals surface area contributed by atoms with Crippen molar-refractivity contribution in [3.63, 3.8) is 0 Å². The number of imidazole rings is 1. The summed E-state index contributed by atoms with van der Waals surface area (Å²) in [5, 5.41) is -0.342. The topological polar surface area (TPSA) is 107 Å². The molecule has 1 amide bonds. The molecular formula is C10H17ClN4O3S. The molecule has 9 heteroatoms. The summed E-state index contributed by atoms with van der Waals surface area (Å²) in [5.41, 5.74) is 5.22. The van der Waals surface area contributed by atoms with Crippen LogP contribution < -0.4 is 10.5 Å². The third kappa shape index (κ3) is 3.46. The molecule has 0 fully saturated rings. The number of rotatable bonds is 6. The lowest BCUT2D eigenvalue weighted by Crippen LogP contribution is -2.48. The van der Waals surface area contributed by atoms with Crippen molar-refractivity contribution in [1.82, 2.24) is 14.3 Å². The third-order valence-corrected chi connectivity index (χ3v) is 4.82. The van der Waals surface area contributed by atoms with Crippen molar-refractivity contribution in [2.75, 3.05) is 0 Å². The van der Waals surface area contributed by atoms with Crippen molar-refractivity contribution in [3.05, 3.63) is 11.5 Å². The fourth-order valence-electron chi connectivity index (χ4n) is 1.49. The van der Waals surface area contributed by atoms with Gasteiger partial charge in [0, 0.05) is 7.05 Å². The number of aryl methyl sites for hydroxylation is 1. The van der Waals surface area contributed by atoms with Crippen LogP contribution in [-0.2, 0) is 21.9 Å². The Kier molecular flexibility index (Phi) is 4.94. The minimum absolute atomic E-state index is 0.0279. The maximum absolute atomic E-state index is 12.1. The monoisotopic (exact) mass is 308 g/mol. The zero-order valence-electron chi connectivity index (χ0n) is 10.9. The van der Waals surface area contributed by atoms with Gasteiger partial charge in [-0.2, -0.15) is 4.72 Å². The van der Waals surface area contributed by atoms with Gasteiger partial charge in [0.05, 0.1) is 6.33 Å². The summed E-state index contributed by atoms with van der Waals surface area (Å²) < 4.78 is 27.9. The van der Waals surface area contributed by atoms with Crippen molar-refractivity contribution in [3.8, 4) is 0 Å². The smallest absolute Gasteiger partial charge is 0.261 e. The molecule has 1 rings (SSSR count). The zero-order chi connectivity index (χ0) is 14.8. The summed E-state index contributed by atoms with van der Waals surface area (Å²) in [6, 6.07) is -0.993. The van der Waals surface area contributed by atoms with Crippen LogP contribution in [0.4, 0.5) is 0 Å². The molecule has 0 aliphatic heterocycles. The number of sulfonamides is 1. The number of amides is 1. The number of carbonyl (C=O) groups excluding carboxylic acids is 1. The van der Waals surface area contributed by atoms with E-state index < -0.39 is 22.0 Å². The average molecular weight is 309 g/mol. The van der Waals surface area contributed by atoms with Crippen LogP contribution in [0.15, 0.2) is 11.4 Å². The standard InChI is InChI=1S/C10H17ClN4O3S/c1-4-6(2)7(9(12)16)14-19(17,18)10-8(11)15(3)5-13-10/h5-7,14H,4H2,1-3H3,(H2,12,16). The van der Waals surface area contributed by atoms with E-state index in [1.54, 1.807) is 14.0 Å². The fourth-order valence-corrected chi connectivity index (χ4v) is 3.23. The summed E-state index contributed by atoms with van der Waals surface area (Å²) in [5.74, 6) is -0.959. The van der Waals surface area contributed by atoms with E-state index in [1.807, 2.05) is 6.92 Å². The van der Waals surface area contributed by atoms with Gasteiger partial charge in [-0.3, -0.25) is 4.79 Å². The van der Waals surface area contributed by atoms with E-state index in [0.717, 1.165) is 0 Å². The molecule has 0 saturated heterocycles. The lowest BCUT2D eigenvalue weighted by molar-refractivity contribution is -0.120. The largest absolute Gasteiger partial charge is 0.368 e. The predicted molar refractivity (Wildman–Crippen MR) is 71.0 cm³/mol. The first kappa shape index (κ1) is 15.9. The molecule has 7 nitrogen and oxygen atoms in total. The Morgan fingerprint density at radius 1 is 1.63 bits per heavy atom. The minimum Gasteiger partial charge on any atom is -0.368 e. The van der Waals surface area contributed by atoms with Crippen LogP contribution in [0.25, 0.3) is 0 Å². The molecule has 2 unspecified atom stereocenters. The van der Waals surface area contributed by atoms with Crippen molar-refractivity contribution < 1.29 is 13.2 Å². The lowest BCUT2D eigenvalue weighted by atomic mass is 10.00. The molecule has 0 saturated carbocycles. The average Bonchev–Trinajstić information content (AvgIpc) is 2.66. The van der Waals surface area contributed by atoms with Gasteiger partial charge in [0.15, 0.2) is 0 Å². The maximum Gasteiger partial charge on any atom is 0.261 e. The minimum atomic E-state index is -3.98. The molecular weight excluding hydrogens is 292 g/mol. The second-order valence-corrected chi connectivity index (χ2v) is 6.33. The molecule has 19 heavy (non-hydrogen) atoms. The zero-order valence-corrected chi connectivity index (χ0v) is 12.5. The Morgan fingerprint density at radius 2 is 2.21 bits per heavy atom. The number of nitrogens with zero attached hydrogens (tertiary/aromatic N) is 2. The highest BCUT2D eigenvalue weighted by Crippen LogP contribution is 2.20. The number of nitrogens with one attached hydrogen (secondary N) is 1. The number of carbonyl (C=O) groups is 1. The molecule has 0 aliphatic carbocycles. The molecule has 1 aromatic rings. The van der Waals surface area contributed by atoms with E-state index in [-0.39, 0.29) is 16.1 Å². The first-order chi connectivity index (χ1) is 8.70. The Bertz CT molecular complexity index is 569. The lowest BCUT2D eigenvalue weighted by Gasteiger charge is -2.20. The van der Waals surface area contributed by atoms with E-state index in [2.05, 4.69) is 9.71 Å². The van der Waals surface area contributed by atoms with Crippen LogP contribution in [0.3, 0.4) is 0 Å². The van der Waals surface area contributed by atoms with Crippen molar-refractivity contribution in [2.45, 2.75) is 31.3 Å². The van der Waals surface area contributed by atoms with Crippen LogP contribution in [-0.4, -0.2) is 29.9 Å². The molecule has 3 N–H and O–H groups in total. The summed E-state index contributed by atoms with van der Waals surface area (Å²) in [6.07, 6.45) is 1.88. The molecule has 1 heterocycles. The number of hydrogen-bond donors (Lipinski definition) is 2. The first-order valence-corrected chi connectivity index (χ1v) is 7.55. The van der Waals surface area contributed by atoms with Gasteiger partial charge < -0.3 is 10.3 Å². The van der Waals surface area contributed by atoms with Gasteiger partial charge in [0.25, 0.3) is 10.0 Å². The molecule has 0 bridgehead atoms. The number of hydrogen-bond acceptors (Lipinski definition) is 4. The highest BCUT2D eigenvalue weighted by molar-refractivity contribution is 7.89. The second-order valence-electron chi connectivity index (χ2n) is 4.34. The van der Waals surface area contributed by atoms with Gasteiger partial charge >= 0.3 is 0 Å². The molecule has 1 aromatic heterocycles. The van der Waals surface area contributed by atoms with Crippen LogP contribution in [0.5, 0.6) is 0 Å². The summed E-state index contributed by atoms with van der Waals surface area (Å²) in [4.78, 5) is 15.0. The maximum atomic E-state index is 12.1. The van der Waals surface area contributed by atoms with Gasteiger partial charge in [0.1, 0.15) is 11.2 Å². The second kappa shape index (κ2) is 5.89. The van der Waals surface area contributed by atoms with Gasteiger partial charge in [-0.25, -0.2) is 13.4 Å². The number of nitrogens with two attached hydrogens (primary N) is 1. The Labute approximate surface area is 117 Å². The molecule has 108 valence electrons. The van der Waals surface area contributed by atoms with Crippen LogP contribution in [0, 0.1) is 5.92 Å². The van der Waals surface area contributed by atoms with Gasteiger partial charge in [0.2, 0.25) is 10.9 Å². The van der Waals surface area contributed by atoms with E-state index in [9.17, 15) is 13.2 Å². The number of aromatic nitrogens is 2. The van der Waals surface area contributed by atoms with Crippen molar-refractivity contribution >= 4 is 27.5 Å². The molecule has 0 radical (unpaired) electrons. The molecule has 2 atom stereocenters. The highest BCUT2D eigenvalue weighted by Gasteiger charge is 2.30. The van der Waals surface area contributed by atoms with Crippen molar-refractivity contribution in [2.24, 2.45) is 18.7 Å². The van der Waals surface area contributed by atoms with E-state index in [4.69, 9.17) is 17.3 Å². The van der Waals surface area contributed by atoms with E-state index in [0.29, 0.717) is 6.42 Å². The molecule has 0 spiro atoms. The third-order valence-electron chi connectivity index (χ3n) is 2.89. The molecule has 0 aliphatic rings. The SMILES string of the molecule is CCC(C)C(NS(=O)(=O)c1ncn(C)c1Cl)C(N)=O. The van der Waals surface area contributed by atoms with Crippen LogP contribution >= 0.6 is 11.6 Å². The van der Waals surface area contributed by atoms with Gasteiger partial charge in [-0.15, -0.1) is 0 Å². The first-order valence-electron chi connectivity index (χ1n) is 5.69. The highest BCUT2D eigenvalue weighted by atomic mass is 35.5. The normalized spacial score (nSPS) is 15.2. The van der Waals surface area contributed by atoms with E-state index >= 15 is 0 Å².